The topological polar surface area (TPSA) is 65.2 Å². The number of halogens is 4. The summed E-state index contributed by atoms with van der Waals surface area (Å²) in [6.07, 6.45) is -3.62. The zero-order valence-electron chi connectivity index (χ0n) is 7.71. The van der Waals surface area contributed by atoms with E-state index in [1.165, 1.54) is 0 Å². The van der Waals surface area contributed by atoms with Gasteiger partial charge < -0.3 is 10.5 Å². The molecule has 0 bridgehead atoms. The maximum Gasteiger partial charge on any atom is 0.573 e. The van der Waals surface area contributed by atoms with E-state index in [2.05, 4.69) is 9.72 Å². The van der Waals surface area contributed by atoms with E-state index in [-0.39, 0.29) is 27.7 Å². The lowest BCUT2D eigenvalue weighted by Crippen LogP contribution is -2.20. The second kappa shape index (κ2) is 4.95. The van der Waals surface area contributed by atoms with E-state index in [9.17, 15) is 18.0 Å². The minimum atomic E-state index is -4.87. The van der Waals surface area contributed by atoms with Gasteiger partial charge in [0.05, 0.1) is 5.56 Å². The summed E-state index contributed by atoms with van der Waals surface area (Å²) in [4.78, 5) is 14.3. The normalized spacial score (nSPS) is 11.3. The molecule has 2 N–H and O–H groups in total. The fourth-order valence-corrected chi connectivity index (χ4v) is 1.63. The summed E-state index contributed by atoms with van der Waals surface area (Å²) in [5.41, 5.74) is 5.06. The standard InChI is InChI=1S/C8H6F3IN2O2/c9-8(10,11)16-6-4(3-15)2-14-7(12)5(6)1-13/h2-3H,1,13H2. The zero-order valence-corrected chi connectivity index (χ0v) is 9.87. The maximum atomic E-state index is 12.1. The Hall–Kier alpha value is -0.900. The third kappa shape index (κ3) is 3.04. The molecule has 0 aromatic carbocycles. The van der Waals surface area contributed by atoms with Crippen molar-refractivity contribution in [3.63, 3.8) is 0 Å². The van der Waals surface area contributed by atoms with Gasteiger partial charge in [-0.05, 0) is 22.6 Å². The molecular formula is C8H6F3IN2O2. The fraction of sp³-hybridized carbons (Fsp3) is 0.250. The molecule has 1 aromatic heterocycles. The number of carbonyl (C=O) groups is 1. The molecule has 0 unspecified atom stereocenters. The van der Waals surface area contributed by atoms with E-state index in [4.69, 9.17) is 5.73 Å². The molecule has 88 valence electrons. The Morgan fingerprint density at radius 1 is 1.56 bits per heavy atom. The Bertz CT molecular complexity index is 409. The molecule has 0 spiro atoms. The summed E-state index contributed by atoms with van der Waals surface area (Å²) in [6.45, 7) is -0.196. The first-order chi connectivity index (χ1) is 7.39. The third-order valence-electron chi connectivity index (χ3n) is 1.65. The summed E-state index contributed by atoms with van der Waals surface area (Å²) in [6, 6.07) is 0. The van der Waals surface area contributed by atoms with Crippen molar-refractivity contribution in [3.05, 3.63) is 21.0 Å². The Kier molecular flexibility index (Phi) is 4.08. The van der Waals surface area contributed by atoms with E-state index in [1.54, 1.807) is 22.6 Å². The predicted octanol–water partition coefficient (Wildman–Crippen LogP) is 1.86. The van der Waals surface area contributed by atoms with Crippen LogP contribution in [0.15, 0.2) is 6.20 Å². The fourth-order valence-electron chi connectivity index (χ4n) is 1.03. The van der Waals surface area contributed by atoms with Gasteiger partial charge in [0.25, 0.3) is 0 Å². The highest BCUT2D eigenvalue weighted by atomic mass is 127. The van der Waals surface area contributed by atoms with Crippen molar-refractivity contribution in [2.75, 3.05) is 0 Å². The molecule has 1 rings (SSSR count). The van der Waals surface area contributed by atoms with Crippen LogP contribution in [0.1, 0.15) is 15.9 Å². The molecule has 8 heteroatoms. The number of rotatable bonds is 3. The SMILES string of the molecule is NCc1c(I)ncc(C=O)c1OC(F)(F)F. The number of alkyl halides is 3. The average molecular weight is 346 g/mol. The monoisotopic (exact) mass is 346 g/mol. The van der Waals surface area contributed by atoms with Gasteiger partial charge in [0, 0.05) is 18.3 Å². The highest BCUT2D eigenvalue weighted by Crippen LogP contribution is 2.30. The van der Waals surface area contributed by atoms with Crippen LogP contribution in [0.25, 0.3) is 0 Å². The quantitative estimate of drug-likeness (QED) is 0.516. The number of hydrogen-bond acceptors (Lipinski definition) is 4. The number of hydrogen-bond donors (Lipinski definition) is 1. The van der Waals surface area contributed by atoms with Crippen molar-refractivity contribution in [3.8, 4) is 5.75 Å². The Labute approximate surface area is 102 Å². The van der Waals surface area contributed by atoms with E-state index in [0.29, 0.717) is 0 Å². The van der Waals surface area contributed by atoms with Crippen LogP contribution in [0, 0.1) is 3.70 Å². The van der Waals surface area contributed by atoms with Gasteiger partial charge in [-0.15, -0.1) is 13.2 Å². The highest BCUT2D eigenvalue weighted by molar-refractivity contribution is 14.1. The molecule has 0 atom stereocenters. The minimum absolute atomic E-state index is 0.0579. The maximum absolute atomic E-state index is 12.1. The predicted molar refractivity (Wildman–Crippen MR) is 56.9 cm³/mol. The summed E-state index contributed by atoms with van der Waals surface area (Å²) in [7, 11) is 0. The van der Waals surface area contributed by atoms with Crippen LogP contribution in [0.2, 0.25) is 0 Å². The average Bonchev–Trinajstić information content (AvgIpc) is 2.16. The van der Waals surface area contributed by atoms with Crippen molar-refractivity contribution >= 4 is 28.9 Å². The third-order valence-corrected chi connectivity index (χ3v) is 2.58. The van der Waals surface area contributed by atoms with Crippen molar-refractivity contribution in [2.24, 2.45) is 5.73 Å². The van der Waals surface area contributed by atoms with Crippen LogP contribution in [0.4, 0.5) is 13.2 Å². The summed E-state index contributed by atoms with van der Waals surface area (Å²) in [5.74, 6) is -0.579. The molecule has 16 heavy (non-hydrogen) atoms. The number of aromatic nitrogens is 1. The number of carbonyl (C=O) groups excluding carboxylic acids is 1. The van der Waals surface area contributed by atoms with Gasteiger partial charge in [-0.25, -0.2) is 4.98 Å². The first-order valence-corrected chi connectivity index (χ1v) is 5.05. The smallest absolute Gasteiger partial charge is 0.405 e. The number of nitrogens with zero attached hydrogens (tertiary/aromatic N) is 1. The van der Waals surface area contributed by atoms with Crippen molar-refractivity contribution in [1.29, 1.82) is 0 Å². The molecule has 0 saturated carbocycles. The van der Waals surface area contributed by atoms with Crippen molar-refractivity contribution in [1.82, 2.24) is 4.98 Å². The highest BCUT2D eigenvalue weighted by Gasteiger charge is 2.33. The molecule has 0 aliphatic heterocycles. The summed E-state index contributed by atoms with van der Waals surface area (Å²) in [5, 5.41) is 0. The number of nitrogens with two attached hydrogens (primary N) is 1. The first-order valence-electron chi connectivity index (χ1n) is 3.97. The molecule has 0 radical (unpaired) electrons. The van der Waals surface area contributed by atoms with E-state index >= 15 is 0 Å². The Morgan fingerprint density at radius 3 is 2.62 bits per heavy atom. The lowest BCUT2D eigenvalue weighted by molar-refractivity contribution is -0.275. The lowest BCUT2D eigenvalue weighted by atomic mass is 10.2. The number of ether oxygens (including phenoxy) is 1. The van der Waals surface area contributed by atoms with Gasteiger partial charge in [-0.3, -0.25) is 4.79 Å². The molecule has 0 aliphatic rings. The van der Waals surface area contributed by atoms with Gasteiger partial charge in [0.2, 0.25) is 0 Å². The van der Waals surface area contributed by atoms with Crippen LogP contribution < -0.4 is 10.5 Å². The molecular weight excluding hydrogens is 340 g/mol. The molecule has 4 nitrogen and oxygen atoms in total. The van der Waals surface area contributed by atoms with E-state index in [0.717, 1.165) is 6.20 Å². The van der Waals surface area contributed by atoms with Crippen LogP contribution in [0.5, 0.6) is 5.75 Å². The number of pyridine rings is 1. The van der Waals surface area contributed by atoms with Gasteiger partial charge in [0.15, 0.2) is 6.29 Å². The van der Waals surface area contributed by atoms with Crippen LogP contribution in [-0.4, -0.2) is 17.6 Å². The van der Waals surface area contributed by atoms with Crippen LogP contribution in [-0.2, 0) is 6.54 Å². The van der Waals surface area contributed by atoms with Crippen molar-refractivity contribution < 1.29 is 22.7 Å². The van der Waals surface area contributed by atoms with Gasteiger partial charge in [-0.2, -0.15) is 0 Å². The van der Waals surface area contributed by atoms with Gasteiger partial charge in [0.1, 0.15) is 9.45 Å². The van der Waals surface area contributed by atoms with Gasteiger partial charge in [-0.1, -0.05) is 0 Å². The molecule has 1 aromatic rings. The molecule has 0 saturated heterocycles. The molecule has 1 heterocycles. The molecule has 0 fully saturated rings. The van der Waals surface area contributed by atoms with Crippen LogP contribution in [0.3, 0.4) is 0 Å². The zero-order chi connectivity index (χ0) is 12.3. The van der Waals surface area contributed by atoms with Gasteiger partial charge >= 0.3 is 6.36 Å². The Balaban J connectivity index is 3.31. The summed E-state index contributed by atoms with van der Waals surface area (Å²) < 4.78 is 40.4. The summed E-state index contributed by atoms with van der Waals surface area (Å²) >= 11 is 1.72. The second-order valence-corrected chi connectivity index (χ2v) is 3.70. The first kappa shape index (κ1) is 13.2. The number of aldehydes is 1. The van der Waals surface area contributed by atoms with Crippen molar-refractivity contribution in [2.45, 2.75) is 12.9 Å². The largest absolute Gasteiger partial charge is 0.573 e. The van der Waals surface area contributed by atoms with E-state index < -0.39 is 12.1 Å². The molecule has 0 amide bonds. The van der Waals surface area contributed by atoms with E-state index in [1.807, 2.05) is 0 Å². The molecule has 0 aliphatic carbocycles. The minimum Gasteiger partial charge on any atom is -0.405 e. The van der Waals surface area contributed by atoms with Crippen LogP contribution >= 0.6 is 22.6 Å². The second-order valence-electron chi connectivity index (χ2n) is 2.68. The lowest BCUT2D eigenvalue weighted by Gasteiger charge is -2.14. The Morgan fingerprint density at radius 2 is 2.19 bits per heavy atom.